The first-order valence-corrected chi connectivity index (χ1v) is 7.51. The number of aliphatic hydroxyl groups is 1. The zero-order valence-corrected chi connectivity index (χ0v) is 12.3. The lowest BCUT2D eigenvalue weighted by Gasteiger charge is -2.30. The minimum Gasteiger partial charge on any atom is -0.479 e. The molecule has 0 saturated carbocycles. The molecule has 0 saturated heterocycles. The maximum atomic E-state index is 13.0. The average Bonchev–Trinajstić information content (AvgIpc) is 2.52. The summed E-state index contributed by atoms with van der Waals surface area (Å²) in [4.78, 5) is 13.1. The number of hydrogen-bond donors (Lipinski definition) is 2. The van der Waals surface area contributed by atoms with E-state index in [4.69, 9.17) is 0 Å². The summed E-state index contributed by atoms with van der Waals surface area (Å²) in [7, 11) is 0. The van der Waals surface area contributed by atoms with E-state index in [9.17, 15) is 19.4 Å². The van der Waals surface area contributed by atoms with Gasteiger partial charge in [-0.1, -0.05) is 42.1 Å². The van der Waals surface area contributed by atoms with Crippen molar-refractivity contribution < 1.29 is 19.4 Å². The van der Waals surface area contributed by atoms with Crippen LogP contribution in [0.2, 0.25) is 0 Å². The van der Waals surface area contributed by atoms with E-state index >= 15 is 0 Å². The van der Waals surface area contributed by atoms with Crippen LogP contribution in [0.1, 0.15) is 17.5 Å². The van der Waals surface area contributed by atoms with Crippen LogP contribution < -0.4 is 0 Å². The van der Waals surface area contributed by atoms with Gasteiger partial charge in [0.2, 0.25) is 0 Å². The fourth-order valence-corrected chi connectivity index (χ4v) is 3.43. The highest BCUT2D eigenvalue weighted by Crippen LogP contribution is 2.44. The van der Waals surface area contributed by atoms with Crippen molar-refractivity contribution in [3.63, 3.8) is 0 Å². The highest BCUT2D eigenvalue weighted by atomic mass is 32.2. The minimum absolute atomic E-state index is 0.00285. The van der Waals surface area contributed by atoms with Crippen LogP contribution in [0.25, 0.3) is 4.91 Å². The van der Waals surface area contributed by atoms with Crippen LogP contribution in [-0.2, 0) is 10.4 Å². The first-order chi connectivity index (χ1) is 10.5. The molecule has 3 rings (SSSR count). The molecule has 0 spiro atoms. The number of rotatable bonds is 3. The Morgan fingerprint density at radius 3 is 2.50 bits per heavy atom. The van der Waals surface area contributed by atoms with Crippen LogP contribution in [0.3, 0.4) is 0 Å². The largest absolute Gasteiger partial charge is 0.479 e. The monoisotopic (exact) mass is 316 g/mol. The Hall–Kier alpha value is -2.11. The molecule has 2 aromatic rings. The van der Waals surface area contributed by atoms with Gasteiger partial charge in [-0.25, -0.2) is 9.18 Å². The van der Waals surface area contributed by atoms with Gasteiger partial charge in [0.25, 0.3) is 0 Å². The van der Waals surface area contributed by atoms with Gasteiger partial charge in [0.05, 0.1) is 0 Å². The molecular formula is C17H13FO3S. The maximum Gasteiger partial charge on any atom is 0.340 e. The molecule has 1 aliphatic rings. The second kappa shape index (κ2) is 5.59. The molecule has 0 bridgehead atoms. The average molecular weight is 316 g/mol. The topological polar surface area (TPSA) is 57.5 Å². The summed E-state index contributed by atoms with van der Waals surface area (Å²) in [6, 6.07) is 13.0. The Labute approximate surface area is 131 Å². The number of aliphatic carboxylic acids is 1. The van der Waals surface area contributed by atoms with Gasteiger partial charge in [0.15, 0.2) is 5.60 Å². The molecule has 2 N–H and O–H groups in total. The van der Waals surface area contributed by atoms with Gasteiger partial charge in [-0.05, 0) is 29.8 Å². The van der Waals surface area contributed by atoms with E-state index in [1.54, 1.807) is 42.5 Å². The number of benzene rings is 2. The van der Waals surface area contributed by atoms with E-state index in [-0.39, 0.29) is 12.2 Å². The van der Waals surface area contributed by atoms with Gasteiger partial charge < -0.3 is 10.2 Å². The molecule has 0 heterocycles. The SMILES string of the molecule is O=C(O)C1(O)CC=C(Sc2ccc(F)cc2)c2ccccc21. The molecule has 0 amide bonds. The lowest BCUT2D eigenvalue weighted by Crippen LogP contribution is -2.37. The van der Waals surface area contributed by atoms with Gasteiger partial charge in [-0.15, -0.1) is 0 Å². The third-order valence-electron chi connectivity index (χ3n) is 3.62. The molecule has 112 valence electrons. The summed E-state index contributed by atoms with van der Waals surface area (Å²) in [5.41, 5.74) is -0.828. The van der Waals surface area contributed by atoms with E-state index in [2.05, 4.69) is 0 Å². The minimum atomic E-state index is -1.90. The zero-order chi connectivity index (χ0) is 15.7. The molecule has 5 heteroatoms. The zero-order valence-electron chi connectivity index (χ0n) is 11.5. The summed E-state index contributed by atoms with van der Waals surface area (Å²) in [5.74, 6) is -1.57. The van der Waals surface area contributed by atoms with Crippen LogP contribution in [0, 0.1) is 5.82 Å². The van der Waals surface area contributed by atoms with Crippen LogP contribution in [0.4, 0.5) is 4.39 Å². The van der Waals surface area contributed by atoms with Crippen LogP contribution in [0.5, 0.6) is 0 Å². The fraction of sp³-hybridized carbons (Fsp3) is 0.118. The number of fused-ring (bicyclic) bond motifs is 1. The Bertz CT molecular complexity index is 755. The first kappa shape index (κ1) is 14.8. The lowest BCUT2D eigenvalue weighted by molar-refractivity contribution is -0.159. The van der Waals surface area contributed by atoms with E-state index in [1.807, 2.05) is 0 Å². The summed E-state index contributed by atoms with van der Waals surface area (Å²) in [5, 5.41) is 19.7. The molecule has 3 nitrogen and oxygen atoms in total. The van der Waals surface area contributed by atoms with Gasteiger partial charge in [-0.3, -0.25) is 0 Å². The molecule has 22 heavy (non-hydrogen) atoms. The fourth-order valence-electron chi connectivity index (χ4n) is 2.45. The molecule has 1 unspecified atom stereocenters. The van der Waals surface area contributed by atoms with Crippen molar-refractivity contribution in [3.05, 3.63) is 71.6 Å². The highest BCUT2D eigenvalue weighted by molar-refractivity contribution is 8.08. The number of thioether (sulfide) groups is 1. The normalized spacial score (nSPS) is 20.2. The van der Waals surface area contributed by atoms with Gasteiger partial charge >= 0.3 is 5.97 Å². The van der Waals surface area contributed by atoms with E-state index in [0.717, 1.165) is 9.80 Å². The predicted octanol–water partition coefficient (Wildman–Crippen LogP) is 3.63. The second-order valence-electron chi connectivity index (χ2n) is 5.04. The van der Waals surface area contributed by atoms with Crippen molar-refractivity contribution in [1.82, 2.24) is 0 Å². The molecule has 0 fully saturated rings. The molecule has 0 aromatic heterocycles. The molecule has 1 atom stereocenters. The third kappa shape index (κ3) is 2.53. The lowest BCUT2D eigenvalue weighted by atomic mass is 9.83. The number of halogens is 1. The van der Waals surface area contributed by atoms with Crippen molar-refractivity contribution in [2.24, 2.45) is 0 Å². The van der Waals surface area contributed by atoms with Crippen molar-refractivity contribution in [3.8, 4) is 0 Å². The van der Waals surface area contributed by atoms with Crippen LogP contribution in [0.15, 0.2) is 59.5 Å². The predicted molar refractivity (Wildman–Crippen MR) is 82.8 cm³/mol. The van der Waals surface area contributed by atoms with E-state index < -0.39 is 11.6 Å². The molecule has 0 radical (unpaired) electrons. The smallest absolute Gasteiger partial charge is 0.340 e. The number of carboxylic acid groups (broad SMARTS) is 1. The quantitative estimate of drug-likeness (QED) is 0.908. The summed E-state index contributed by atoms with van der Waals surface area (Å²) in [6.07, 6.45) is 1.72. The van der Waals surface area contributed by atoms with E-state index in [0.29, 0.717) is 11.1 Å². The Balaban J connectivity index is 1.99. The van der Waals surface area contributed by atoms with Crippen molar-refractivity contribution >= 4 is 22.6 Å². The molecule has 2 aromatic carbocycles. The van der Waals surface area contributed by atoms with E-state index in [1.165, 1.54) is 23.9 Å². The van der Waals surface area contributed by atoms with Crippen molar-refractivity contribution in [2.45, 2.75) is 16.9 Å². The summed E-state index contributed by atoms with van der Waals surface area (Å²) < 4.78 is 13.0. The van der Waals surface area contributed by atoms with Gasteiger partial charge in [0.1, 0.15) is 5.82 Å². The highest BCUT2D eigenvalue weighted by Gasteiger charge is 2.41. The summed E-state index contributed by atoms with van der Waals surface area (Å²) >= 11 is 1.42. The van der Waals surface area contributed by atoms with Crippen molar-refractivity contribution in [1.29, 1.82) is 0 Å². The molecular weight excluding hydrogens is 303 g/mol. The number of hydrogen-bond acceptors (Lipinski definition) is 3. The van der Waals surface area contributed by atoms with Gasteiger partial charge in [0, 0.05) is 21.8 Å². The Kier molecular flexibility index (Phi) is 3.76. The van der Waals surface area contributed by atoms with Crippen LogP contribution >= 0.6 is 11.8 Å². The number of carbonyl (C=O) groups is 1. The standard InChI is InChI=1S/C17H13FO3S/c18-11-5-7-12(8-6-11)22-15-9-10-17(21,16(19)20)14-4-2-1-3-13(14)15/h1-9,21H,10H2,(H,19,20). The van der Waals surface area contributed by atoms with Crippen molar-refractivity contribution in [2.75, 3.05) is 0 Å². The summed E-state index contributed by atoms with van der Waals surface area (Å²) in [6.45, 7) is 0. The molecule has 1 aliphatic carbocycles. The molecule has 0 aliphatic heterocycles. The second-order valence-corrected chi connectivity index (χ2v) is 6.15. The third-order valence-corrected chi connectivity index (χ3v) is 4.73. The number of carboxylic acids is 1. The first-order valence-electron chi connectivity index (χ1n) is 6.70. The van der Waals surface area contributed by atoms with Crippen LogP contribution in [-0.4, -0.2) is 16.2 Å². The maximum absolute atomic E-state index is 13.0. The Morgan fingerprint density at radius 2 is 1.82 bits per heavy atom. The van der Waals surface area contributed by atoms with Gasteiger partial charge in [-0.2, -0.15) is 0 Å². The Morgan fingerprint density at radius 1 is 1.14 bits per heavy atom.